The molecule has 2 atom stereocenters. The van der Waals surface area contributed by atoms with Crippen LogP contribution in [0.1, 0.15) is 32.1 Å². The maximum absolute atomic E-state index is 11.8. The molecule has 1 rings (SSSR count). The van der Waals surface area contributed by atoms with E-state index >= 15 is 0 Å². The number of carboxylic acids is 1. The van der Waals surface area contributed by atoms with Crippen molar-refractivity contribution in [3.63, 3.8) is 0 Å². The van der Waals surface area contributed by atoms with Crippen LogP contribution in [0.5, 0.6) is 0 Å². The van der Waals surface area contributed by atoms with E-state index in [2.05, 4.69) is 5.92 Å². The van der Waals surface area contributed by atoms with E-state index in [0.717, 1.165) is 6.42 Å². The Balaban J connectivity index is 2.44. The van der Waals surface area contributed by atoms with E-state index in [1.54, 1.807) is 0 Å². The van der Waals surface area contributed by atoms with Gasteiger partial charge in [-0.2, -0.15) is 0 Å². The third kappa shape index (κ3) is 3.75. The quantitative estimate of drug-likeness (QED) is 0.531. The number of amides is 1. The van der Waals surface area contributed by atoms with Crippen LogP contribution in [0.15, 0.2) is 0 Å². The normalized spacial score (nSPS) is 23.4. The fraction of sp³-hybridized carbons (Fsp3) is 0.667. The zero-order valence-corrected chi connectivity index (χ0v) is 9.63. The number of nitrogens with zero attached hydrogens (tertiary/aromatic N) is 1. The topological polar surface area (TPSA) is 77.8 Å². The van der Waals surface area contributed by atoms with Gasteiger partial charge in [0.25, 0.3) is 0 Å². The van der Waals surface area contributed by atoms with Gasteiger partial charge >= 0.3 is 5.97 Å². The molecule has 0 saturated carbocycles. The number of rotatable bonds is 5. The number of carbonyl (C=O) groups is 2. The van der Waals surface area contributed by atoms with Crippen molar-refractivity contribution in [1.29, 1.82) is 0 Å². The van der Waals surface area contributed by atoms with Crippen LogP contribution in [0, 0.1) is 12.3 Å². The highest BCUT2D eigenvalue weighted by Crippen LogP contribution is 2.19. The van der Waals surface area contributed by atoms with E-state index in [1.807, 2.05) is 0 Å². The maximum Gasteiger partial charge on any atom is 0.326 e. The van der Waals surface area contributed by atoms with Gasteiger partial charge in [0.2, 0.25) is 5.91 Å². The number of β-amino-alcohol motifs (C(OH)–C–C–N with tert-alkyl or cyclic N) is 1. The second-order valence-corrected chi connectivity index (χ2v) is 4.20. The lowest BCUT2D eigenvalue weighted by atomic mass is 10.1. The first kappa shape index (κ1) is 13.5. The Morgan fingerprint density at radius 2 is 2.12 bits per heavy atom. The number of unbranched alkanes of at least 4 members (excludes halogenated alkanes) is 2. The van der Waals surface area contributed by atoms with E-state index in [-0.39, 0.29) is 25.3 Å². The molecule has 1 saturated heterocycles. The summed E-state index contributed by atoms with van der Waals surface area (Å²) in [6.07, 6.45) is 6.81. The van der Waals surface area contributed by atoms with Gasteiger partial charge in [0.05, 0.1) is 6.10 Å². The van der Waals surface area contributed by atoms with Gasteiger partial charge in [-0.3, -0.25) is 4.79 Å². The van der Waals surface area contributed by atoms with Crippen LogP contribution >= 0.6 is 0 Å². The Kier molecular flexibility index (Phi) is 4.98. The van der Waals surface area contributed by atoms with Gasteiger partial charge in [0, 0.05) is 25.8 Å². The van der Waals surface area contributed by atoms with Crippen LogP contribution < -0.4 is 0 Å². The summed E-state index contributed by atoms with van der Waals surface area (Å²) in [5, 5.41) is 18.3. The smallest absolute Gasteiger partial charge is 0.326 e. The zero-order chi connectivity index (χ0) is 12.8. The van der Waals surface area contributed by atoms with Crippen molar-refractivity contribution in [2.45, 2.75) is 44.2 Å². The summed E-state index contributed by atoms with van der Waals surface area (Å²) >= 11 is 0. The minimum Gasteiger partial charge on any atom is -0.480 e. The molecule has 5 nitrogen and oxygen atoms in total. The summed E-state index contributed by atoms with van der Waals surface area (Å²) in [5.41, 5.74) is 0. The van der Waals surface area contributed by atoms with Crippen molar-refractivity contribution in [3.8, 4) is 12.3 Å². The third-order valence-corrected chi connectivity index (χ3v) is 2.85. The standard InChI is InChI=1S/C12H17NO4/c1-2-3-4-5-6-11(15)13-8-9(14)7-10(13)12(16)17/h1,9-10,14H,3-8H2,(H,16,17)/t9?,10-/m0/s1. The highest BCUT2D eigenvalue weighted by atomic mass is 16.4. The van der Waals surface area contributed by atoms with Crippen molar-refractivity contribution in [2.75, 3.05) is 6.54 Å². The van der Waals surface area contributed by atoms with Crippen molar-refractivity contribution in [2.24, 2.45) is 0 Å². The first-order valence-electron chi connectivity index (χ1n) is 5.70. The van der Waals surface area contributed by atoms with E-state index in [4.69, 9.17) is 11.5 Å². The Bertz CT molecular complexity index is 334. The molecule has 17 heavy (non-hydrogen) atoms. The SMILES string of the molecule is C#CCCCCC(=O)N1CC(O)C[C@H]1C(=O)O. The molecular weight excluding hydrogens is 222 g/mol. The van der Waals surface area contributed by atoms with Gasteiger partial charge in [-0.05, 0) is 12.8 Å². The molecule has 1 amide bonds. The summed E-state index contributed by atoms with van der Waals surface area (Å²) in [6, 6.07) is -0.884. The average molecular weight is 239 g/mol. The monoisotopic (exact) mass is 239 g/mol. The highest BCUT2D eigenvalue weighted by molar-refractivity contribution is 5.84. The summed E-state index contributed by atoms with van der Waals surface area (Å²) in [7, 11) is 0. The number of hydrogen-bond acceptors (Lipinski definition) is 3. The van der Waals surface area contributed by atoms with E-state index in [9.17, 15) is 14.7 Å². The molecule has 0 aromatic carbocycles. The lowest BCUT2D eigenvalue weighted by Crippen LogP contribution is -2.40. The number of terminal acetylenes is 1. The predicted octanol–water partition coefficient (Wildman–Crippen LogP) is 0.226. The molecule has 0 aromatic heterocycles. The van der Waals surface area contributed by atoms with Crippen molar-refractivity contribution < 1.29 is 19.8 Å². The minimum atomic E-state index is -1.06. The number of aliphatic hydroxyl groups is 1. The number of hydrogen-bond donors (Lipinski definition) is 2. The number of aliphatic hydroxyl groups excluding tert-OH is 1. The van der Waals surface area contributed by atoms with Crippen molar-refractivity contribution in [3.05, 3.63) is 0 Å². The molecule has 0 bridgehead atoms. The van der Waals surface area contributed by atoms with Gasteiger partial charge < -0.3 is 15.1 Å². The lowest BCUT2D eigenvalue weighted by molar-refractivity contribution is -0.148. The molecule has 1 aliphatic heterocycles. The Morgan fingerprint density at radius 1 is 1.41 bits per heavy atom. The largest absolute Gasteiger partial charge is 0.480 e. The lowest BCUT2D eigenvalue weighted by Gasteiger charge is -2.20. The van der Waals surface area contributed by atoms with E-state index in [1.165, 1.54) is 4.90 Å². The van der Waals surface area contributed by atoms with Crippen LogP contribution in [-0.4, -0.2) is 45.7 Å². The molecule has 1 aliphatic rings. The first-order valence-corrected chi connectivity index (χ1v) is 5.70. The number of carbonyl (C=O) groups excluding carboxylic acids is 1. The molecular formula is C12H17NO4. The molecule has 0 spiro atoms. The number of likely N-dealkylation sites (tertiary alicyclic amines) is 1. The Labute approximate surface area is 100 Å². The van der Waals surface area contributed by atoms with Crippen LogP contribution in [0.4, 0.5) is 0 Å². The second kappa shape index (κ2) is 6.26. The Morgan fingerprint density at radius 3 is 2.71 bits per heavy atom. The van der Waals surface area contributed by atoms with Crippen LogP contribution in [-0.2, 0) is 9.59 Å². The molecule has 0 aliphatic carbocycles. The molecule has 94 valence electrons. The van der Waals surface area contributed by atoms with Crippen LogP contribution in [0.2, 0.25) is 0 Å². The highest BCUT2D eigenvalue weighted by Gasteiger charge is 2.38. The molecule has 0 radical (unpaired) electrons. The van der Waals surface area contributed by atoms with Crippen LogP contribution in [0.3, 0.4) is 0 Å². The Hall–Kier alpha value is -1.54. The summed E-state index contributed by atoms with van der Waals surface area (Å²) in [5.74, 6) is 1.21. The molecule has 0 aromatic rings. The number of aliphatic carboxylic acids is 1. The average Bonchev–Trinajstić information content (AvgIpc) is 2.66. The van der Waals surface area contributed by atoms with Gasteiger partial charge in [0.1, 0.15) is 6.04 Å². The summed E-state index contributed by atoms with van der Waals surface area (Å²) < 4.78 is 0. The van der Waals surface area contributed by atoms with Crippen molar-refractivity contribution in [1.82, 2.24) is 4.90 Å². The summed E-state index contributed by atoms with van der Waals surface area (Å²) in [6.45, 7) is 0.116. The third-order valence-electron chi connectivity index (χ3n) is 2.85. The molecule has 1 heterocycles. The fourth-order valence-electron chi connectivity index (χ4n) is 1.97. The maximum atomic E-state index is 11.8. The molecule has 1 unspecified atom stereocenters. The molecule has 1 fully saturated rings. The van der Waals surface area contributed by atoms with Crippen molar-refractivity contribution >= 4 is 11.9 Å². The first-order chi connectivity index (χ1) is 8.06. The van der Waals surface area contributed by atoms with Gasteiger partial charge in [0.15, 0.2) is 0 Å². The predicted molar refractivity (Wildman–Crippen MR) is 61.1 cm³/mol. The van der Waals surface area contributed by atoms with E-state index in [0.29, 0.717) is 12.8 Å². The van der Waals surface area contributed by atoms with Gasteiger partial charge in [-0.1, -0.05) is 0 Å². The minimum absolute atomic E-state index is 0.116. The second-order valence-electron chi connectivity index (χ2n) is 4.20. The van der Waals surface area contributed by atoms with Gasteiger partial charge in [-0.25, -0.2) is 4.79 Å². The van der Waals surface area contributed by atoms with Crippen LogP contribution in [0.25, 0.3) is 0 Å². The fourth-order valence-corrected chi connectivity index (χ4v) is 1.97. The molecule has 5 heteroatoms. The summed E-state index contributed by atoms with van der Waals surface area (Å²) in [4.78, 5) is 23.9. The number of carboxylic acid groups (broad SMARTS) is 1. The zero-order valence-electron chi connectivity index (χ0n) is 9.63. The van der Waals surface area contributed by atoms with E-state index < -0.39 is 18.1 Å². The molecule has 2 N–H and O–H groups in total. The van der Waals surface area contributed by atoms with Gasteiger partial charge in [-0.15, -0.1) is 12.3 Å².